The van der Waals surface area contributed by atoms with E-state index in [1.807, 2.05) is 18.9 Å². The van der Waals surface area contributed by atoms with Gasteiger partial charge in [0.1, 0.15) is 0 Å². The summed E-state index contributed by atoms with van der Waals surface area (Å²) < 4.78 is 41.3. The molecule has 1 aromatic heterocycles. The number of aromatic nitrogens is 2. The summed E-state index contributed by atoms with van der Waals surface area (Å²) in [6.45, 7) is 4.44. The van der Waals surface area contributed by atoms with E-state index in [2.05, 4.69) is 10.4 Å². The Morgan fingerprint density at radius 3 is 2.41 bits per heavy atom. The van der Waals surface area contributed by atoms with Gasteiger partial charge in [-0.3, -0.25) is 14.5 Å². The van der Waals surface area contributed by atoms with Gasteiger partial charge in [-0.2, -0.15) is 17.9 Å². The van der Waals surface area contributed by atoms with Crippen molar-refractivity contribution >= 4 is 23.7 Å². The summed E-state index contributed by atoms with van der Waals surface area (Å²) in [5, 5.41) is 6.57. The zero-order valence-corrected chi connectivity index (χ0v) is 19.1. The van der Waals surface area contributed by atoms with Crippen LogP contribution in [-0.4, -0.2) is 63.1 Å². The van der Waals surface area contributed by atoms with Crippen LogP contribution in [0.5, 0.6) is 0 Å². The molecule has 1 aliphatic rings. The van der Waals surface area contributed by atoms with Crippen molar-refractivity contribution < 1.29 is 27.6 Å². The molecule has 0 bridgehead atoms. The van der Waals surface area contributed by atoms with Crippen LogP contribution in [0.15, 0.2) is 30.5 Å². The number of alkyl halides is 3. The molecule has 0 unspecified atom stereocenters. The number of nitrogens with zero attached hydrogens (tertiary/aromatic N) is 4. The second-order valence-electron chi connectivity index (χ2n) is 8.69. The van der Waals surface area contributed by atoms with Crippen LogP contribution in [0.25, 0.3) is 0 Å². The van der Waals surface area contributed by atoms with Gasteiger partial charge in [-0.1, -0.05) is 6.07 Å². The number of carbonyl (C=O) groups is 3. The van der Waals surface area contributed by atoms with Crippen LogP contribution >= 0.6 is 0 Å². The Morgan fingerprint density at radius 2 is 1.85 bits per heavy atom. The molecule has 0 atom stereocenters. The van der Waals surface area contributed by atoms with Crippen LogP contribution in [0.1, 0.15) is 48.2 Å². The molecule has 2 aromatic rings. The second-order valence-corrected chi connectivity index (χ2v) is 8.69. The van der Waals surface area contributed by atoms with Gasteiger partial charge in [0, 0.05) is 44.4 Å². The van der Waals surface area contributed by atoms with Crippen LogP contribution < -0.4 is 11.1 Å². The molecule has 1 aromatic carbocycles. The van der Waals surface area contributed by atoms with E-state index in [0.29, 0.717) is 31.5 Å². The first-order valence-corrected chi connectivity index (χ1v) is 10.6. The molecule has 3 rings (SSSR count). The van der Waals surface area contributed by atoms with E-state index in [4.69, 9.17) is 5.73 Å². The van der Waals surface area contributed by atoms with Crippen molar-refractivity contribution in [2.24, 2.45) is 5.73 Å². The number of nitrogens with two attached hydrogens (primary N) is 1. The average molecular weight is 480 g/mol. The van der Waals surface area contributed by atoms with Gasteiger partial charge in [0.2, 0.25) is 11.8 Å². The van der Waals surface area contributed by atoms with Crippen LogP contribution in [0.4, 0.5) is 23.8 Å². The van der Waals surface area contributed by atoms with E-state index in [9.17, 15) is 27.6 Å². The van der Waals surface area contributed by atoms with Crippen molar-refractivity contribution in [1.82, 2.24) is 19.6 Å². The van der Waals surface area contributed by atoms with Crippen molar-refractivity contribution in [3.63, 3.8) is 0 Å². The van der Waals surface area contributed by atoms with Gasteiger partial charge in [0.05, 0.1) is 11.1 Å². The second kappa shape index (κ2) is 9.45. The van der Waals surface area contributed by atoms with Crippen LogP contribution in [0, 0.1) is 0 Å². The monoisotopic (exact) mass is 480 g/mol. The number of likely N-dealkylation sites (tertiary alicyclic amines) is 1. The molecule has 9 nitrogen and oxygen atoms in total. The Kier molecular flexibility index (Phi) is 7.01. The summed E-state index contributed by atoms with van der Waals surface area (Å²) in [5.41, 5.74) is 3.54. The molecule has 3 N–H and O–H groups in total. The fraction of sp³-hybridized carbons (Fsp3) is 0.455. The molecule has 1 aliphatic heterocycles. The number of hydrogen-bond acceptors (Lipinski definition) is 5. The Bertz CT molecular complexity index is 1090. The summed E-state index contributed by atoms with van der Waals surface area (Å²) >= 11 is 0. The highest BCUT2D eigenvalue weighted by Crippen LogP contribution is 2.34. The van der Waals surface area contributed by atoms with Crippen LogP contribution in [-0.2, 0) is 17.5 Å². The summed E-state index contributed by atoms with van der Waals surface area (Å²) in [6, 6.07) is 4.75. The molecule has 1 saturated heterocycles. The number of carbonyl (C=O) groups excluding carboxylic acids is 3. The lowest BCUT2D eigenvalue weighted by molar-refractivity contribution is -0.138. The number of hydrogen-bond donors (Lipinski definition) is 2. The Hall–Kier alpha value is -3.41. The Morgan fingerprint density at radius 1 is 1.21 bits per heavy atom. The molecule has 0 saturated carbocycles. The number of primary amides is 1. The van der Waals surface area contributed by atoms with Crippen LogP contribution in [0.2, 0.25) is 0 Å². The fourth-order valence-corrected chi connectivity index (χ4v) is 3.99. The van der Waals surface area contributed by atoms with E-state index in [1.54, 1.807) is 4.90 Å². The molecule has 184 valence electrons. The summed E-state index contributed by atoms with van der Waals surface area (Å²) in [7, 11) is 1.82. The van der Waals surface area contributed by atoms with Crippen molar-refractivity contribution in [2.75, 3.05) is 25.5 Å². The largest absolute Gasteiger partial charge is 0.417 e. The molecule has 1 fully saturated rings. The summed E-state index contributed by atoms with van der Waals surface area (Å²) in [5.74, 6) is -1.14. The molecule has 3 amide bonds. The van der Waals surface area contributed by atoms with E-state index in [0.717, 1.165) is 16.8 Å². The number of amides is 3. The van der Waals surface area contributed by atoms with Crippen molar-refractivity contribution in [3.05, 3.63) is 47.2 Å². The molecule has 0 radical (unpaired) electrons. The molecule has 0 aliphatic carbocycles. The number of halogens is 3. The van der Waals surface area contributed by atoms with Crippen LogP contribution in [0.3, 0.4) is 0 Å². The third-order valence-electron chi connectivity index (χ3n) is 6.20. The predicted octanol–water partition coefficient (Wildman–Crippen LogP) is 2.91. The number of rotatable bonds is 5. The first-order chi connectivity index (χ1) is 15.8. The number of anilines is 1. The van der Waals surface area contributed by atoms with E-state index in [1.165, 1.54) is 25.3 Å². The third kappa shape index (κ3) is 5.56. The minimum atomic E-state index is -4.69. The van der Waals surface area contributed by atoms with E-state index >= 15 is 0 Å². The number of benzene rings is 1. The maximum Gasteiger partial charge on any atom is 0.417 e. The molecule has 0 spiro atoms. The first kappa shape index (κ1) is 25.2. The van der Waals surface area contributed by atoms with Gasteiger partial charge < -0.3 is 16.0 Å². The van der Waals surface area contributed by atoms with Crippen molar-refractivity contribution in [3.8, 4) is 0 Å². The summed E-state index contributed by atoms with van der Waals surface area (Å²) in [6.07, 6.45) is -2.02. The lowest BCUT2D eigenvalue weighted by Gasteiger charge is -2.45. The quantitative estimate of drug-likeness (QED) is 0.683. The maximum atomic E-state index is 13.4. The highest BCUT2D eigenvalue weighted by atomic mass is 19.4. The Labute approximate surface area is 194 Å². The van der Waals surface area contributed by atoms with Gasteiger partial charge in [-0.15, -0.1) is 5.10 Å². The summed E-state index contributed by atoms with van der Waals surface area (Å²) in [4.78, 5) is 38.9. The van der Waals surface area contributed by atoms with Gasteiger partial charge in [0.25, 0.3) is 0 Å². The van der Waals surface area contributed by atoms with Gasteiger partial charge in [-0.05, 0) is 44.5 Å². The average Bonchev–Trinajstić information content (AvgIpc) is 3.20. The minimum Gasteiger partial charge on any atom is -0.366 e. The van der Waals surface area contributed by atoms with Gasteiger partial charge in [-0.25, -0.2) is 4.79 Å². The minimum absolute atomic E-state index is 0.228. The molecule has 2 heterocycles. The number of piperidine rings is 1. The number of nitrogens with one attached hydrogen (secondary N) is 1. The third-order valence-corrected chi connectivity index (χ3v) is 6.20. The highest BCUT2D eigenvalue weighted by molar-refractivity contribution is 5.94. The molecule has 34 heavy (non-hydrogen) atoms. The zero-order chi connectivity index (χ0) is 25.3. The molecular weight excluding hydrogens is 453 g/mol. The highest BCUT2D eigenvalue weighted by Gasteiger charge is 2.37. The van der Waals surface area contributed by atoms with Gasteiger partial charge in [0.15, 0.2) is 5.82 Å². The first-order valence-electron chi connectivity index (χ1n) is 10.6. The fourth-order valence-electron chi connectivity index (χ4n) is 3.99. The SMILES string of the molecule is CC(=O)Nc1ccn(C(=O)N2CCC(C)(N(C)Cc3ccc(C(N)=O)c(C(F)(F)F)c3)CC2)n1. The normalized spacial score (nSPS) is 15.9. The van der Waals surface area contributed by atoms with E-state index < -0.39 is 23.2 Å². The van der Waals surface area contributed by atoms with Crippen molar-refractivity contribution in [1.29, 1.82) is 0 Å². The lowest BCUT2D eigenvalue weighted by atomic mass is 9.87. The standard InChI is InChI=1S/C22H27F3N6O3/c1-14(32)27-18-6-9-31(28-18)20(34)30-10-7-21(2,8-11-30)29(3)13-15-4-5-16(19(26)33)17(12-15)22(23,24)25/h4-6,9,12H,7-8,10-11,13H2,1-3H3,(H2,26,33)(H,27,28,32). The molecular formula is C22H27F3N6O3. The predicted molar refractivity (Wildman–Crippen MR) is 118 cm³/mol. The van der Waals surface area contributed by atoms with E-state index in [-0.39, 0.29) is 29.8 Å². The van der Waals surface area contributed by atoms with Crippen molar-refractivity contribution in [2.45, 2.75) is 44.9 Å². The Balaban J connectivity index is 1.66. The zero-order valence-electron chi connectivity index (χ0n) is 19.1. The lowest BCUT2D eigenvalue weighted by Crippen LogP contribution is -2.53. The maximum absolute atomic E-state index is 13.4. The molecule has 12 heteroatoms. The topological polar surface area (TPSA) is 114 Å². The van der Waals surface area contributed by atoms with Gasteiger partial charge >= 0.3 is 12.2 Å². The smallest absolute Gasteiger partial charge is 0.366 e.